The largest absolute Gasteiger partial charge is 0.358 e. The first kappa shape index (κ1) is 11.4. The predicted molar refractivity (Wildman–Crippen MR) is 65.5 cm³/mol. The van der Waals surface area contributed by atoms with Crippen LogP contribution in [0, 0.1) is 0 Å². The number of nitrogens with zero attached hydrogens (tertiary/aromatic N) is 2. The quantitative estimate of drug-likeness (QED) is 0.598. The molecule has 0 fully saturated rings. The number of nitrogens with one attached hydrogen (secondary N) is 1. The maximum Gasteiger partial charge on any atom is 0.207 e. The Bertz CT molecular complexity index is 465. The zero-order valence-corrected chi connectivity index (χ0v) is 9.54. The summed E-state index contributed by atoms with van der Waals surface area (Å²) in [5, 5.41) is 2.66. The van der Waals surface area contributed by atoms with E-state index >= 15 is 0 Å². The molecule has 1 aromatic heterocycles. The molecule has 0 aliphatic rings. The maximum absolute atomic E-state index is 10.2. The van der Waals surface area contributed by atoms with E-state index in [0.29, 0.717) is 6.54 Å². The summed E-state index contributed by atoms with van der Waals surface area (Å²) in [7, 11) is 0. The van der Waals surface area contributed by atoms with Gasteiger partial charge in [-0.25, -0.2) is 4.98 Å². The summed E-state index contributed by atoms with van der Waals surface area (Å²) < 4.78 is 2.10. The first-order chi connectivity index (χ1) is 8.40. The van der Waals surface area contributed by atoms with Crippen molar-refractivity contribution in [3.05, 3.63) is 54.1 Å². The minimum atomic E-state index is 0.643. The van der Waals surface area contributed by atoms with Gasteiger partial charge in [-0.3, -0.25) is 4.79 Å². The third-order valence-electron chi connectivity index (χ3n) is 2.60. The molecule has 1 amide bonds. The number of aromatic nitrogens is 2. The molecule has 0 saturated carbocycles. The fourth-order valence-corrected chi connectivity index (χ4v) is 1.74. The van der Waals surface area contributed by atoms with Crippen LogP contribution in [0.5, 0.6) is 0 Å². The number of carbonyl (C=O) groups excluding carboxylic acids is 1. The molecule has 0 bridgehead atoms. The van der Waals surface area contributed by atoms with Gasteiger partial charge in [-0.1, -0.05) is 30.3 Å². The molecule has 0 atom stereocenters. The van der Waals surface area contributed by atoms with Crippen molar-refractivity contribution < 1.29 is 4.79 Å². The normalized spacial score (nSPS) is 10.1. The second-order valence-corrected chi connectivity index (χ2v) is 3.82. The Morgan fingerprint density at radius 3 is 2.88 bits per heavy atom. The lowest BCUT2D eigenvalue weighted by molar-refractivity contribution is -0.109. The van der Waals surface area contributed by atoms with Gasteiger partial charge < -0.3 is 9.88 Å². The lowest BCUT2D eigenvalue weighted by atomic mass is 10.2. The van der Waals surface area contributed by atoms with Crippen LogP contribution in [-0.2, 0) is 17.8 Å². The monoisotopic (exact) mass is 229 g/mol. The van der Waals surface area contributed by atoms with Gasteiger partial charge in [0.1, 0.15) is 0 Å². The highest BCUT2D eigenvalue weighted by atomic mass is 16.1. The van der Waals surface area contributed by atoms with Crippen LogP contribution >= 0.6 is 0 Å². The van der Waals surface area contributed by atoms with E-state index in [1.807, 2.05) is 30.7 Å². The number of hydrogen-bond donors (Lipinski definition) is 1. The highest BCUT2D eigenvalue weighted by Gasteiger charge is 2.02. The topological polar surface area (TPSA) is 46.9 Å². The van der Waals surface area contributed by atoms with Crippen LogP contribution in [0.2, 0.25) is 0 Å². The molecule has 2 aromatic rings. The summed E-state index contributed by atoms with van der Waals surface area (Å²) in [6, 6.07) is 10.2. The Balaban J connectivity index is 2.01. The highest BCUT2D eigenvalue weighted by Crippen LogP contribution is 2.06. The second-order valence-electron chi connectivity index (χ2n) is 3.82. The van der Waals surface area contributed by atoms with Crippen molar-refractivity contribution in [3.63, 3.8) is 0 Å². The Hall–Kier alpha value is -2.10. The van der Waals surface area contributed by atoms with Gasteiger partial charge in [-0.15, -0.1) is 0 Å². The number of benzene rings is 1. The zero-order chi connectivity index (χ0) is 11.9. The van der Waals surface area contributed by atoms with E-state index in [9.17, 15) is 4.79 Å². The molecule has 0 spiro atoms. The third-order valence-corrected chi connectivity index (χ3v) is 2.60. The summed E-state index contributed by atoms with van der Waals surface area (Å²) >= 11 is 0. The van der Waals surface area contributed by atoms with Gasteiger partial charge in [0.25, 0.3) is 0 Å². The molecule has 0 saturated heterocycles. The lowest BCUT2D eigenvalue weighted by Gasteiger charge is -2.07. The summed E-state index contributed by atoms with van der Waals surface area (Å²) in [6.07, 6.45) is 5.18. The molecule has 17 heavy (non-hydrogen) atoms. The van der Waals surface area contributed by atoms with Crippen molar-refractivity contribution in [1.29, 1.82) is 0 Å². The van der Waals surface area contributed by atoms with Crippen LogP contribution < -0.4 is 5.32 Å². The second kappa shape index (κ2) is 5.84. The van der Waals surface area contributed by atoms with Gasteiger partial charge in [0.15, 0.2) is 0 Å². The first-order valence-electron chi connectivity index (χ1n) is 5.60. The van der Waals surface area contributed by atoms with Gasteiger partial charge in [0.05, 0.1) is 6.33 Å². The van der Waals surface area contributed by atoms with Crippen LogP contribution in [0.25, 0.3) is 0 Å². The van der Waals surface area contributed by atoms with Gasteiger partial charge >= 0.3 is 0 Å². The van der Waals surface area contributed by atoms with Crippen molar-refractivity contribution in [2.45, 2.75) is 13.0 Å². The van der Waals surface area contributed by atoms with Gasteiger partial charge in [0.2, 0.25) is 6.41 Å². The van der Waals surface area contributed by atoms with Crippen molar-refractivity contribution >= 4 is 6.41 Å². The number of amides is 1. The van der Waals surface area contributed by atoms with Crippen LogP contribution in [-0.4, -0.2) is 22.5 Å². The van der Waals surface area contributed by atoms with Crippen LogP contribution in [0.3, 0.4) is 0 Å². The molecule has 1 aromatic carbocycles. The van der Waals surface area contributed by atoms with E-state index in [-0.39, 0.29) is 0 Å². The fourth-order valence-electron chi connectivity index (χ4n) is 1.74. The summed E-state index contributed by atoms with van der Waals surface area (Å²) in [5.41, 5.74) is 2.37. The predicted octanol–water partition coefficient (Wildman–Crippen LogP) is 1.22. The van der Waals surface area contributed by atoms with Crippen LogP contribution in [0.1, 0.15) is 11.3 Å². The molecule has 88 valence electrons. The Labute approximate surface area is 100 Å². The molecule has 2 rings (SSSR count). The Kier molecular flexibility index (Phi) is 3.91. The smallest absolute Gasteiger partial charge is 0.207 e. The standard InChI is InChI=1S/C13H15N3O/c17-11-14-7-6-13-8-15-10-16(13)9-12-4-2-1-3-5-12/h1-5,8,10-11H,6-7,9H2,(H,14,17). The Morgan fingerprint density at radius 1 is 1.29 bits per heavy atom. The van der Waals surface area contributed by atoms with Crippen molar-refractivity contribution in [3.8, 4) is 0 Å². The molecule has 0 aliphatic heterocycles. The summed E-state index contributed by atoms with van der Waals surface area (Å²) in [5.74, 6) is 0. The lowest BCUT2D eigenvalue weighted by Crippen LogP contribution is -2.16. The number of hydrogen-bond acceptors (Lipinski definition) is 2. The van der Waals surface area contributed by atoms with E-state index in [4.69, 9.17) is 0 Å². The highest BCUT2D eigenvalue weighted by molar-refractivity contribution is 5.45. The molecule has 4 nitrogen and oxygen atoms in total. The number of rotatable bonds is 6. The van der Waals surface area contributed by atoms with E-state index in [1.54, 1.807) is 0 Å². The SMILES string of the molecule is O=CNCCc1cncn1Cc1ccccc1. The number of imidazole rings is 1. The van der Waals surface area contributed by atoms with Gasteiger partial charge in [0, 0.05) is 31.4 Å². The fraction of sp³-hybridized carbons (Fsp3) is 0.231. The molecule has 0 aliphatic carbocycles. The van der Waals surface area contributed by atoms with Gasteiger partial charge in [-0.05, 0) is 5.56 Å². The summed E-state index contributed by atoms with van der Waals surface area (Å²) in [6.45, 7) is 1.46. The molecule has 0 radical (unpaired) electrons. The molecular weight excluding hydrogens is 214 g/mol. The molecule has 1 N–H and O–H groups in total. The van der Waals surface area contributed by atoms with Crippen molar-refractivity contribution in [1.82, 2.24) is 14.9 Å². The Morgan fingerprint density at radius 2 is 2.12 bits per heavy atom. The van der Waals surface area contributed by atoms with Crippen LogP contribution in [0.4, 0.5) is 0 Å². The van der Waals surface area contributed by atoms with Crippen molar-refractivity contribution in [2.24, 2.45) is 0 Å². The van der Waals surface area contributed by atoms with Crippen LogP contribution in [0.15, 0.2) is 42.9 Å². The minimum Gasteiger partial charge on any atom is -0.358 e. The first-order valence-corrected chi connectivity index (χ1v) is 5.60. The summed E-state index contributed by atoms with van der Waals surface area (Å²) in [4.78, 5) is 14.3. The molecule has 4 heteroatoms. The molecule has 1 heterocycles. The van der Waals surface area contributed by atoms with E-state index < -0.39 is 0 Å². The van der Waals surface area contributed by atoms with E-state index in [1.165, 1.54) is 5.56 Å². The van der Waals surface area contributed by atoms with E-state index in [0.717, 1.165) is 25.1 Å². The third kappa shape index (κ3) is 3.17. The van der Waals surface area contributed by atoms with E-state index in [2.05, 4.69) is 27.0 Å². The zero-order valence-electron chi connectivity index (χ0n) is 9.54. The van der Waals surface area contributed by atoms with Gasteiger partial charge in [-0.2, -0.15) is 0 Å². The molecular formula is C13H15N3O. The maximum atomic E-state index is 10.2. The average Bonchev–Trinajstić information content (AvgIpc) is 2.79. The average molecular weight is 229 g/mol. The minimum absolute atomic E-state index is 0.643. The van der Waals surface area contributed by atoms with Crippen molar-refractivity contribution in [2.75, 3.05) is 6.54 Å². The number of carbonyl (C=O) groups is 1. The molecule has 0 unspecified atom stereocenters.